The summed E-state index contributed by atoms with van der Waals surface area (Å²) < 4.78 is 18.9. The van der Waals surface area contributed by atoms with Crippen LogP contribution in [0.5, 0.6) is 5.75 Å². The van der Waals surface area contributed by atoms with Crippen molar-refractivity contribution >= 4 is 39.4 Å². The summed E-state index contributed by atoms with van der Waals surface area (Å²) in [5.41, 5.74) is 1.27. The van der Waals surface area contributed by atoms with Crippen molar-refractivity contribution < 1.29 is 23.5 Å². The lowest BCUT2D eigenvalue weighted by Crippen LogP contribution is -2.21. The van der Waals surface area contributed by atoms with Crippen LogP contribution in [0, 0.1) is 13.8 Å². The van der Waals surface area contributed by atoms with E-state index in [1.165, 1.54) is 7.11 Å². The lowest BCUT2D eigenvalue weighted by molar-refractivity contribution is -0.118. The molecule has 0 saturated heterocycles. The smallest absolute Gasteiger partial charge is 0.361 e. The highest BCUT2D eigenvalue weighted by molar-refractivity contribution is 7.10. The van der Waals surface area contributed by atoms with Crippen molar-refractivity contribution in [3.05, 3.63) is 45.4 Å². The maximum atomic E-state index is 12.1. The number of carbonyl (C=O) groups is 2. The molecule has 1 amide bonds. The third kappa shape index (κ3) is 3.80. The van der Waals surface area contributed by atoms with Gasteiger partial charge in [-0.3, -0.25) is 4.79 Å². The van der Waals surface area contributed by atoms with Crippen LogP contribution >= 0.6 is 11.5 Å². The number of hydrogen-bond acceptors (Lipinski definition) is 9. The van der Waals surface area contributed by atoms with Crippen LogP contribution in [0.15, 0.2) is 27.4 Å². The molecule has 9 nitrogen and oxygen atoms in total. The van der Waals surface area contributed by atoms with E-state index in [-0.39, 0.29) is 17.3 Å². The quantitative estimate of drug-likeness (QED) is 0.520. The first-order valence-electron chi connectivity index (χ1n) is 7.78. The summed E-state index contributed by atoms with van der Waals surface area (Å²) in [6.07, 6.45) is 0. The molecule has 0 aliphatic carbocycles. The van der Waals surface area contributed by atoms with Crippen LogP contribution in [-0.2, 0) is 9.53 Å². The van der Waals surface area contributed by atoms with E-state index < -0.39 is 17.5 Å². The molecule has 0 unspecified atom stereocenters. The first kappa shape index (κ1) is 18.5. The number of methoxy groups -OCH3 is 1. The van der Waals surface area contributed by atoms with Crippen LogP contribution in [0.4, 0.5) is 5.00 Å². The van der Waals surface area contributed by atoms with Gasteiger partial charge in [-0.2, -0.15) is 0 Å². The number of carbonyl (C=O) groups excluding carboxylic acids is 2. The Balaban J connectivity index is 1.71. The van der Waals surface area contributed by atoms with Crippen molar-refractivity contribution in [1.29, 1.82) is 0 Å². The third-order valence-electron chi connectivity index (χ3n) is 3.92. The molecule has 0 saturated carbocycles. The molecule has 0 aliphatic rings. The number of nitrogens with zero attached hydrogens (tertiary/aromatic N) is 2. The Morgan fingerprint density at radius 3 is 2.78 bits per heavy atom. The van der Waals surface area contributed by atoms with Gasteiger partial charge in [0.05, 0.1) is 7.11 Å². The third-order valence-corrected chi connectivity index (χ3v) is 4.56. The number of anilines is 1. The zero-order valence-corrected chi connectivity index (χ0v) is 15.5. The Hall–Kier alpha value is -3.27. The van der Waals surface area contributed by atoms with Crippen LogP contribution in [-0.4, -0.2) is 35.2 Å². The molecular formula is C17H15N3O6S. The van der Waals surface area contributed by atoms with E-state index in [2.05, 4.69) is 19.6 Å². The number of ether oxygens (including phenoxy) is 2. The predicted molar refractivity (Wildman–Crippen MR) is 97.3 cm³/mol. The van der Waals surface area contributed by atoms with E-state index in [4.69, 9.17) is 9.15 Å². The topological polar surface area (TPSA) is 121 Å². The molecule has 0 radical (unpaired) electrons. The van der Waals surface area contributed by atoms with E-state index in [1.807, 2.05) is 6.92 Å². The highest BCUT2D eigenvalue weighted by Crippen LogP contribution is 2.24. The summed E-state index contributed by atoms with van der Waals surface area (Å²) in [5, 5.41) is 7.07. The first-order valence-corrected chi connectivity index (χ1v) is 8.55. The summed E-state index contributed by atoms with van der Waals surface area (Å²) >= 11 is 0.850. The van der Waals surface area contributed by atoms with Gasteiger partial charge in [0.2, 0.25) is 5.69 Å². The lowest BCUT2D eigenvalue weighted by Gasteiger charge is -2.08. The number of amides is 1. The highest BCUT2D eigenvalue weighted by atomic mass is 32.1. The first-order chi connectivity index (χ1) is 12.9. The van der Waals surface area contributed by atoms with Gasteiger partial charge in [0.1, 0.15) is 11.3 Å². The molecule has 140 valence electrons. The summed E-state index contributed by atoms with van der Waals surface area (Å²) in [5.74, 6) is -0.845. The van der Waals surface area contributed by atoms with Gasteiger partial charge in [0.15, 0.2) is 11.6 Å². The van der Waals surface area contributed by atoms with E-state index >= 15 is 0 Å². The summed E-state index contributed by atoms with van der Waals surface area (Å²) in [6.45, 7) is 3.22. The van der Waals surface area contributed by atoms with Gasteiger partial charge in [-0.05, 0) is 31.5 Å². The second kappa shape index (κ2) is 7.54. The minimum absolute atomic E-state index is 0.0748. The normalized spacial score (nSPS) is 10.6. The fourth-order valence-electron chi connectivity index (χ4n) is 2.33. The SMILES string of the molecule is COC(=O)c1nnsc1NC(=O)COc1ccc2c(C)c(C)c(=O)oc2c1. The molecule has 1 aromatic carbocycles. The van der Waals surface area contributed by atoms with E-state index in [0.29, 0.717) is 16.9 Å². The average Bonchev–Trinajstić information content (AvgIpc) is 3.11. The molecule has 27 heavy (non-hydrogen) atoms. The van der Waals surface area contributed by atoms with E-state index in [0.717, 1.165) is 22.5 Å². The molecule has 10 heteroatoms. The molecule has 0 aliphatic heterocycles. The van der Waals surface area contributed by atoms with Crippen molar-refractivity contribution in [2.75, 3.05) is 19.0 Å². The van der Waals surface area contributed by atoms with Gasteiger partial charge < -0.3 is 19.2 Å². The van der Waals surface area contributed by atoms with Gasteiger partial charge >= 0.3 is 11.6 Å². The van der Waals surface area contributed by atoms with Crippen LogP contribution in [0.3, 0.4) is 0 Å². The summed E-state index contributed by atoms with van der Waals surface area (Å²) in [6, 6.07) is 4.98. The Morgan fingerprint density at radius 2 is 2.04 bits per heavy atom. The molecule has 3 rings (SSSR count). The number of rotatable bonds is 5. The predicted octanol–water partition coefficient (Wildman–Crippen LogP) is 2.07. The fraction of sp³-hybridized carbons (Fsp3) is 0.235. The Bertz CT molecular complexity index is 1090. The standard InChI is InChI=1S/C17H15N3O6S/c1-8-9(2)16(22)26-12-6-10(4-5-11(8)12)25-7-13(21)18-15-14(17(23)24-3)19-20-27-15/h4-6H,7H2,1-3H3,(H,18,21). The van der Waals surface area contributed by atoms with Gasteiger partial charge in [0.25, 0.3) is 5.91 Å². The number of aromatic nitrogens is 2. The molecule has 2 heterocycles. The monoisotopic (exact) mass is 389 g/mol. The van der Waals surface area contributed by atoms with Crippen molar-refractivity contribution in [2.45, 2.75) is 13.8 Å². The van der Waals surface area contributed by atoms with Crippen LogP contribution in [0.2, 0.25) is 0 Å². The number of hydrogen-bond donors (Lipinski definition) is 1. The molecule has 3 aromatic rings. The minimum Gasteiger partial charge on any atom is -0.484 e. The highest BCUT2D eigenvalue weighted by Gasteiger charge is 2.19. The molecule has 2 aromatic heterocycles. The van der Waals surface area contributed by atoms with Gasteiger partial charge in [-0.15, -0.1) is 5.10 Å². The van der Waals surface area contributed by atoms with Crippen LogP contribution in [0.25, 0.3) is 11.0 Å². The van der Waals surface area contributed by atoms with E-state index in [9.17, 15) is 14.4 Å². The second-order valence-corrected chi connectivity index (χ2v) is 6.33. The Labute approximate surface area is 157 Å². The summed E-state index contributed by atoms with van der Waals surface area (Å²) in [4.78, 5) is 35.4. The van der Waals surface area contributed by atoms with Crippen molar-refractivity contribution in [2.24, 2.45) is 0 Å². The van der Waals surface area contributed by atoms with E-state index in [1.54, 1.807) is 25.1 Å². The molecule has 0 bridgehead atoms. The second-order valence-electron chi connectivity index (χ2n) is 5.58. The lowest BCUT2D eigenvalue weighted by atomic mass is 10.1. The minimum atomic E-state index is -0.699. The van der Waals surface area contributed by atoms with Gasteiger partial charge in [-0.25, -0.2) is 9.59 Å². The number of nitrogens with one attached hydrogen (secondary N) is 1. The Morgan fingerprint density at radius 1 is 1.26 bits per heavy atom. The van der Waals surface area contributed by atoms with Crippen LogP contribution in [0.1, 0.15) is 21.6 Å². The Kier molecular flexibility index (Phi) is 5.17. The van der Waals surface area contributed by atoms with Crippen molar-refractivity contribution in [3.8, 4) is 5.75 Å². The number of fused-ring (bicyclic) bond motifs is 1. The maximum Gasteiger partial charge on any atom is 0.361 e. The fourth-order valence-corrected chi connectivity index (χ4v) is 2.91. The molecule has 0 atom stereocenters. The van der Waals surface area contributed by atoms with Crippen molar-refractivity contribution in [3.63, 3.8) is 0 Å². The largest absolute Gasteiger partial charge is 0.484 e. The maximum absolute atomic E-state index is 12.1. The zero-order chi connectivity index (χ0) is 19.6. The zero-order valence-electron chi connectivity index (χ0n) is 14.7. The number of benzene rings is 1. The molecule has 0 fully saturated rings. The van der Waals surface area contributed by atoms with Crippen LogP contribution < -0.4 is 15.7 Å². The van der Waals surface area contributed by atoms with Gasteiger partial charge in [0, 0.05) is 28.5 Å². The average molecular weight is 389 g/mol. The molecule has 0 spiro atoms. The van der Waals surface area contributed by atoms with Gasteiger partial charge in [-0.1, -0.05) is 4.49 Å². The van der Waals surface area contributed by atoms with Crippen molar-refractivity contribution in [1.82, 2.24) is 9.59 Å². The number of aryl methyl sites for hydroxylation is 1. The number of esters is 1. The molecule has 1 N–H and O–H groups in total. The summed E-state index contributed by atoms with van der Waals surface area (Å²) in [7, 11) is 1.21. The molecular weight excluding hydrogens is 374 g/mol.